The Labute approximate surface area is 174 Å². The molecule has 0 amide bonds. The van der Waals surface area contributed by atoms with Crippen molar-refractivity contribution in [1.82, 2.24) is 0 Å². The van der Waals surface area contributed by atoms with Crippen molar-refractivity contribution in [3.05, 3.63) is 59.2 Å². The molecule has 0 saturated carbocycles. The van der Waals surface area contributed by atoms with Gasteiger partial charge in [-0.3, -0.25) is 0 Å². The molecular formula is C25H32O4. The molecule has 29 heavy (non-hydrogen) atoms. The van der Waals surface area contributed by atoms with E-state index in [0.29, 0.717) is 31.3 Å². The van der Waals surface area contributed by atoms with Gasteiger partial charge in [0.15, 0.2) is 0 Å². The minimum atomic E-state index is 0.299. The largest absolute Gasteiger partial charge is 0.491 e. The van der Waals surface area contributed by atoms with Crippen LogP contribution < -0.4 is 9.47 Å². The zero-order valence-corrected chi connectivity index (χ0v) is 17.6. The standard InChI is InChI=1S/C25H32O4/c1-3-20(21-8-10-22(11-9-21)26-14-23-15-27-23)6-4-5-19-7-12-25(18(2)13-19)29-17-24-16-28-24/h7-13,20,23-24H,3-6,14-17H2,1-2H3. The number of aryl methyl sites for hydroxylation is 2. The van der Waals surface area contributed by atoms with E-state index in [1.807, 2.05) is 0 Å². The summed E-state index contributed by atoms with van der Waals surface area (Å²) in [5, 5.41) is 0. The van der Waals surface area contributed by atoms with Crippen LogP contribution in [0.3, 0.4) is 0 Å². The molecule has 2 aliphatic rings. The molecule has 2 aromatic rings. The molecule has 3 unspecified atom stereocenters. The predicted octanol–water partition coefficient (Wildman–Crippen LogP) is 5.07. The van der Waals surface area contributed by atoms with Gasteiger partial charge in [-0.1, -0.05) is 31.2 Å². The maximum absolute atomic E-state index is 5.83. The second-order valence-electron chi connectivity index (χ2n) is 8.20. The number of ether oxygens (including phenoxy) is 4. The first-order valence-corrected chi connectivity index (χ1v) is 10.9. The van der Waals surface area contributed by atoms with Crippen LogP contribution in [-0.4, -0.2) is 38.6 Å². The molecule has 4 heteroatoms. The van der Waals surface area contributed by atoms with Gasteiger partial charge in [-0.2, -0.15) is 0 Å². The molecule has 2 fully saturated rings. The van der Waals surface area contributed by atoms with Crippen molar-refractivity contribution in [2.45, 2.75) is 57.7 Å². The summed E-state index contributed by atoms with van der Waals surface area (Å²) in [7, 11) is 0. The minimum absolute atomic E-state index is 0.299. The van der Waals surface area contributed by atoms with Gasteiger partial charge >= 0.3 is 0 Å². The summed E-state index contributed by atoms with van der Waals surface area (Å²) in [6.07, 6.45) is 5.24. The van der Waals surface area contributed by atoms with Gasteiger partial charge in [-0.25, -0.2) is 0 Å². The third kappa shape index (κ3) is 6.22. The van der Waals surface area contributed by atoms with E-state index in [0.717, 1.165) is 37.6 Å². The molecular weight excluding hydrogens is 364 g/mol. The molecule has 0 N–H and O–H groups in total. The van der Waals surface area contributed by atoms with Gasteiger partial charge in [0.1, 0.15) is 36.9 Å². The molecule has 156 valence electrons. The number of epoxide rings is 2. The summed E-state index contributed by atoms with van der Waals surface area (Å²) >= 11 is 0. The van der Waals surface area contributed by atoms with Crippen LogP contribution in [0.25, 0.3) is 0 Å². The van der Waals surface area contributed by atoms with E-state index in [9.17, 15) is 0 Å². The van der Waals surface area contributed by atoms with Crippen molar-refractivity contribution in [3.63, 3.8) is 0 Å². The molecule has 0 radical (unpaired) electrons. The van der Waals surface area contributed by atoms with Crippen LogP contribution in [0.5, 0.6) is 11.5 Å². The zero-order valence-electron chi connectivity index (χ0n) is 17.6. The van der Waals surface area contributed by atoms with Crippen LogP contribution in [0.4, 0.5) is 0 Å². The Morgan fingerprint density at radius 2 is 1.66 bits per heavy atom. The molecule has 2 aliphatic heterocycles. The average Bonchev–Trinajstić information content (AvgIpc) is 3.64. The van der Waals surface area contributed by atoms with Crippen molar-refractivity contribution in [2.24, 2.45) is 0 Å². The Morgan fingerprint density at radius 1 is 0.966 bits per heavy atom. The van der Waals surface area contributed by atoms with E-state index in [1.54, 1.807) is 0 Å². The third-order valence-corrected chi connectivity index (χ3v) is 5.77. The SMILES string of the molecule is CCC(CCCc1ccc(OCC2CO2)c(C)c1)c1ccc(OCC2CO2)cc1. The van der Waals surface area contributed by atoms with Crippen molar-refractivity contribution in [2.75, 3.05) is 26.4 Å². The van der Waals surface area contributed by atoms with Gasteiger partial charge in [0, 0.05) is 0 Å². The molecule has 3 atom stereocenters. The van der Waals surface area contributed by atoms with E-state index in [2.05, 4.69) is 56.3 Å². The van der Waals surface area contributed by atoms with Crippen LogP contribution >= 0.6 is 0 Å². The monoisotopic (exact) mass is 396 g/mol. The lowest BCUT2D eigenvalue weighted by Crippen LogP contribution is -2.05. The zero-order chi connectivity index (χ0) is 20.1. The van der Waals surface area contributed by atoms with Gasteiger partial charge in [-0.15, -0.1) is 0 Å². The summed E-state index contributed by atoms with van der Waals surface area (Å²) in [4.78, 5) is 0. The Balaban J connectivity index is 1.24. The van der Waals surface area contributed by atoms with E-state index in [-0.39, 0.29) is 0 Å². The maximum atomic E-state index is 5.83. The first-order chi connectivity index (χ1) is 14.2. The first-order valence-electron chi connectivity index (χ1n) is 10.9. The molecule has 2 aromatic carbocycles. The van der Waals surface area contributed by atoms with Crippen LogP contribution in [-0.2, 0) is 15.9 Å². The second kappa shape index (κ2) is 9.64. The number of hydrogen-bond donors (Lipinski definition) is 0. The molecule has 0 spiro atoms. The highest BCUT2D eigenvalue weighted by Crippen LogP contribution is 2.28. The number of hydrogen-bond acceptors (Lipinski definition) is 4. The molecule has 0 aromatic heterocycles. The summed E-state index contributed by atoms with van der Waals surface area (Å²) in [5.41, 5.74) is 4.01. The van der Waals surface area contributed by atoms with E-state index >= 15 is 0 Å². The van der Waals surface area contributed by atoms with Gasteiger partial charge in [0.2, 0.25) is 0 Å². The van der Waals surface area contributed by atoms with Crippen LogP contribution in [0.2, 0.25) is 0 Å². The predicted molar refractivity (Wildman–Crippen MR) is 114 cm³/mol. The fourth-order valence-electron chi connectivity index (χ4n) is 3.72. The summed E-state index contributed by atoms with van der Waals surface area (Å²) < 4.78 is 22.0. The molecule has 2 saturated heterocycles. The van der Waals surface area contributed by atoms with Gasteiger partial charge in [0.25, 0.3) is 0 Å². The second-order valence-corrected chi connectivity index (χ2v) is 8.20. The highest BCUT2D eigenvalue weighted by molar-refractivity contribution is 5.36. The average molecular weight is 397 g/mol. The highest BCUT2D eigenvalue weighted by Gasteiger charge is 2.24. The maximum Gasteiger partial charge on any atom is 0.122 e. The van der Waals surface area contributed by atoms with Crippen LogP contribution in [0.1, 0.15) is 48.8 Å². The summed E-state index contributed by atoms with van der Waals surface area (Å²) in [6.45, 7) is 7.39. The molecule has 2 heterocycles. The number of benzene rings is 2. The lowest BCUT2D eigenvalue weighted by molar-refractivity contribution is 0.261. The van der Waals surface area contributed by atoms with E-state index < -0.39 is 0 Å². The van der Waals surface area contributed by atoms with Crippen molar-refractivity contribution < 1.29 is 18.9 Å². The fraction of sp³-hybridized carbons (Fsp3) is 0.520. The molecule has 4 rings (SSSR count). The quantitative estimate of drug-likeness (QED) is 0.470. The van der Waals surface area contributed by atoms with Gasteiger partial charge < -0.3 is 18.9 Å². The Hall–Kier alpha value is -2.04. The van der Waals surface area contributed by atoms with Crippen molar-refractivity contribution in [3.8, 4) is 11.5 Å². The summed E-state index contributed by atoms with van der Waals surface area (Å²) in [6, 6.07) is 15.2. The normalized spacial score (nSPS) is 20.9. The van der Waals surface area contributed by atoms with Crippen molar-refractivity contribution >= 4 is 0 Å². The smallest absolute Gasteiger partial charge is 0.122 e. The van der Waals surface area contributed by atoms with Crippen LogP contribution in [0, 0.1) is 6.92 Å². The minimum Gasteiger partial charge on any atom is -0.491 e. The van der Waals surface area contributed by atoms with E-state index in [1.165, 1.54) is 29.5 Å². The first kappa shape index (κ1) is 20.2. The van der Waals surface area contributed by atoms with Crippen molar-refractivity contribution in [1.29, 1.82) is 0 Å². The van der Waals surface area contributed by atoms with E-state index in [4.69, 9.17) is 18.9 Å². The molecule has 0 bridgehead atoms. The Kier molecular flexibility index (Phi) is 6.73. The Morgan fingerprint density at radius 3 is 2.28 bits per heavy atom. The Bertz CT molecular complexity index is 778. The number of rotatable bonds is 12. The molecule has 4 nitrogen and oxygen atoms in total. The van der Waals surface area contributed by atoms with Gasteiger partial charge in [0.05, 0.1) is 13.2 Å². The molecule has 0 aliphatic carbocycles. The fourth-order valence-corrected chi connectivity index (χ4v) is 3.72. The lowest BCUT2D eigenvalue weighted by atomic mass is 9.90. The van der Waals surface area contributed by atoms with Crippen LogP contribution in [0.15, 0.2) is 42.5 Å². The highest BCUT2D eigenvalue weighted by atomic mass is 16.6. The van der Waals surface area contributed by atoms with Gasteiger partial charge in [-0.05, 0) is 73.4 Å². The lowest BCUT2D eigenvalue weighted by Gasteiger charge is -2.16. The summed E-state index contributed by atoms with van der Waals surface area (Å²) in [5.74, 6) is 2.51. The topological polar surface area (TPSA) is 43.5 Å². The third-order valence-electron chi connectivity index (χ3n) is 5.77.